The predicted molar refractivity (Wildman–Crippen MR) is 73.7 cm³/mol. The second kappa shape index (κ2) is 5.73. The van der Waals surface area contributed by atoms with Gasteiger partial charge in [0.25, 0.3) is 0 Å². The average Bonchev–Trinajstić information content (AvgIpc) is 2.39. The summed E-state index contributed by atoms with van der Waals surface area (Å²) in [5, 5.41) is 0.616. The van der Waals surface area contributed by atoms with E-state index in [2.05, 4.69) is 9.97 Å². The summed E-state index contributed by atoms with van der Waals surface area (Å²) in [5.74, 6) is 0.924. The van der Waals surface area contributed by atoms with Crippen molar-refractivity contribution >= 4 is 17.6 Å². The van der Waals surface area contributed by atoms with E-state index in [1.807, 2.05) is 43.5 Å². The van der Waals surface area contributed by atoms with Crippen LogP contribution >= 0.6 is 11.8 Å². The number of nitrogens with zero attached hydrogens (tertiary/aromatic N) is 2. The predicted octanol–water partition coefficient (Wildman–Crippen LogP) is 2.92. The van der Waals surface area contributed by atoms with Gasteiger partial charge < -0.3 is 10.5 Å². The van der Waals surface area contributed by atoms with Gasteiger partial charge in [-0.1, -0.05) is 42.1 Å². The van der Waals surface area contributed by atoms with Crippen LogP contribution in [0.15, 0.2) is 41.6 Å². The largest absolute Gasteiger partial charge is 0.470 e. The zero-order valence-electron chi connectivity index (χ0n) is 10.3. The first-order chi connectivity index (χ1) is 8.69. The number of hydrogen-bond donors (Lipinski definition) is 1. The lowest BCUT2D eigenvalue weighted by Crippen LogP contribution is -2.06. The Kier molecular flexibility index (Phi) is 4.04. The van der Waals surface area contributed by atoms with Crippen molar-refractivity contribution in [3.05, 3.63) is 42.0 Å². The van der Waals surface area contributed by atoms with E-state index in [1.54, 1.807) is 6.07 Å². The summed E-state index contributed by atoms with van der Waals surface area (Å²) in [5.41, 5.74) is 6.80. The molecule has 0 saturated heterocycles. The summed E-state index contributed by atoms with van der Waals surface area (Å²) in [6, 6.07) is 11.6. The number of anilines is 1. The first-order valence-electron chi connectivity index (χ1n) is 5.59. The fraction of sp³-hybridized carbons (Fsp3) is 0.231. The van der Waals surface area contributed by atoms with Crippen LogP contribution in [-0.4, -0.2) is 16.2 Å². The molecule has 94 valence electrons. The van der Waals surface area contributed by atoms with Crippen molar-refractivity contribution in [3.63, 3.8) is 0 Å². The molecule has 0 saturated carbocycles. The minimum absolute atomic E-state index is 0.0739. The molecule has 0 spiro atoms. The van der Waals surface area contributed by atoms with Crippen molar-refractivity contribution in [1.82, 2.24) is 9.97 Å². The molecule has 0 aliphatic rings. The molecular formula is C13H15N3OS. The van der Waals surface area contributed by atoms with Gasteiger partial charge in [0.1, 0.15) is 11.9 Å². The third kappa shape index (κ3) is 3.13. The van der Waals surface area contributed by atoms with Crippen LogP contribution in [0.5, 0.6) is 5.88 Å². The Morgan fingerprint density at radius 2 is 1.94 bits per heavy atom. The highest BCUT2D eigenvalue weighted by Crippen LogP contribution is 2.23. The molecule has 1 unspecified atom stereocenters. The maximum Gasteiger partial charge on any atom is 0.220 e. The van der Waals surface area contributed by atoms with E-state index in [1.165, 1.54) is 11.8 Å². The maximum absolute atomic E-state index is 5.78. The Balaban J connectivity index is 2.16. The van der Waals surface area contributed by atoms with Gasteiger partial charge in [-0.05, 0) is 18.7 Å². The minimum atomic E-state index is -0.0739. The molecule has 1 atom stereocenters. The normalized spacial score (nSPS) is 12.1. The molecule has 2 N–H and O–H groups in total. The van der Waals surface area contributed by atoms with Gasteiger partial charge in [0, 0.05) is 6.07 Å². The zero-order valence-corrected chi connectivity index (χ0v) is 11.1. The summed E-state index contributed by atoms with van der Waals surface area (Å²) in [6.07, 6.45) is 1.83. The summed E-state index contributed by atoms with van der Waals surface area (Å²) in [6.45, 7) is 1.98. The number of aromatic nitrogens is 2. The topological polar surface area (TPSA) is 61.0 Å². The lowest BCUT2D eigenvalue weighted by atomic mass is 10.1. The molecule has 0 aliphatic heterocycles. The lowest BCUT2D eigenvalue weighted by molar-refractivity contribution is 0.215. The minimum Gasteiger partial charge on any atom is -0.470 e. The number of rotatable bonds is 4. The Morgan fingerprint density at radius 3 is 2.61 bits per heavy atom. The van der Waals surface area contributed by atoms with Crippen LogP contribution in [0.25, 0.3) is 0 Å². The average molecular weight is 261 g/mol. The summed E-state index contributed by atoms with van der Waals surface area (Å²) in [4.78, 5) is 8.35. The van der Waals surface area contributed by atoms with Crippen molar-refractivity contribution in [1.29, 1.82) is 0 Å². The first kappa shape index (κ1) is 12.7. The van der Waals surface area contributed by atoms with E-state index in [-0.39, 0.29) is 6.10 Å². The van der Waals surface area contributed by atoms with Crippen LogP contribution in [0.1, 0.15) is 18.6 Å². The summed E-state index contributed by atoms with van der Waals surface area (Å²) >= 11 is 1.44. The molecular weight excluding hydrogens is 246 g/mol. The van der Waals surface area contributed by atoms with E-state index in [4.69, 9.17) is 10.5 Å². The Labute approximate surface area is 111 Å². The van der Waals surface area contributed by atoms with Crippen LogP contribution in [-0.2, 0) is 0 Å². The second-order valence-corrected chi connectivity index (χ2v) is 4.56. The molecule has 4 nitrogen and oxygen atoms in total. The highest BCUT2D eigenvalue weighted by molar-refractivity contribution is 7.98. The molecule has 0 fully saturated rings. The van der Waals surface area contributed by atoms with Crippen molar-refractivity contribution in [2.45, 2.75) is 18.2 Å². The van der Waals surface area contributed by atoms with E-state index in [9.17, 15) is 0 Å². The number of ether oxygens (including phenoxy) is 1. The molecule has 1 heterocycles. The highest BCUT2D eigenvalue weighted by Gasteiger charge is 2.09. The van der Waals surface area contributed by atoms with E-state index in [0.29, 0.717) is 16.9 Å². The molecule has 1 aromatic heterocycles. The lowest BCUT2D eigenvalue weighted by Gasteiger charge is -2.14. The smallest absolute Gasteiger partial charge is 0.220 e. The van der Waals surface area contributed by atoms with Gasteiger partial charge >= 0.3 is 0 Å². The van der Waals surface area contributed by atoms with Gasteiger partial charge in [-0.2, -0.15) is 4.98 Å². The molecule has 2 aromatic rings. The quantitative estimate of drug-likeness (QED) is 0.677. The fourth-order valence-corrected chi connectivity index (χ4v) is 1.92. The number of thioether (sulfide) groups is 1. The van der Waals surface area contributed by atoms with Crippen molar-refractivity contribution in [3.8, 4) is 5.88 Å². The van der Waals surface area contributed by atoms with Crippen LogP contribution in [0, 0.1) is 0 Å². The van der Waals surface area contributed by atoms with Crippen LogP contribution < -0.4 is 10.5 Å². The standard InChI is InChI=1S/C13H15N3OS/c1-9(10-6-4-3-5-7-10)17-12-8-11(14)15-13(16-12)18-2/h3-9H,1-2H3,(H2,14,15,16). The highest BCUT2D eigenvalue weighted by atomic mass is 32.2. The molecule has 5 heteroatoms. The van der Waals surface area contributed by atoms with E-state index in [0.717, 1.165) is 5.56 Å². The Bertz CT molecular complexity index is 519. The van der Waals surface area contributed by atoms with E-state index < -0.39 is 0 Å². The zero-order chi connectivity index (χ0) is 13.0. The van der Waals surface area contributed by atoms with E-state index >= 15 is 0 Å². The van der Waals surface area contributed by atoms with Crippen molar-refractivity contribution in [2.75, 3.05) is 12.0 Å². The number of nitrogen functional groups attached to an aromatic ring is 1. The number of benzene rings is 1. The molecule has 0 radical (unpaired) electrons. The Hall–Kier alpha value is -1.75. The molecule has 0 amide bonds. The molecule has 0 bridgehead atoms. The fourth-order valence-electron chi connectivity index (χ4n) is 1.55. The monoisotopic (exact) mass is 261 g/mol. The summed E-state index contributed by atoms with van der Waals surface area (Å²) in [7, 11) is 0. The van der Waals surface area contributed by atoms with Gasteiger partial charge in [-0.15, -0.1) is 0 Å². The number of nitrogens with two attached hydrogens (primary N) is 1. The van der Waals surface area contributed by atoms with Gasteiger partial charge in [0.05, 0.1) is 0 Å². The maximum atomic E-state index is 5.78. The molecule has 1 aromatic carbocycles. The SMILES string of the molecule is CSc1nc(N)cc(OC(C)c2ccccc2)n1. The van der Waals surface area contributed by atoms with Gasteiger partial charge in [-0.25, -0.2) is 4.98 Å². The molecule has 2 rings (SSSR count). The van der Waals surface area contributed by atoms with Gasteiger partial charge in [0.15, 0.2) is 5.16 Å². The third-order valence-electron chi connectivity index (χ3n) is 2.45. The van der Waals surface area contributed by atoms with Gasteiger partial charge in [-0.3, -0.25) is 0 Å². The van der Waals surface area contributed by atoms with Crippen LogP contribution in [0.2, 0.25) is 0 Å². The third-order valence-corrected chi connectivity index (χ3v) is 3.00. The van der Waals surface area contributed by atoms with Gasteiger partial charge in [0.2, 0.25) is 5.88 Å². The second-order valence-electron chi connectivity index (χ2n) is 3.79. The van der Waals surface area contributed by atoms with Crippen LogP contribution in [0.4, 0.5) is 5.82 Å². The molecule has 18 heavy (non-hydrogen) atoms. The Morgan fingerprint density at radius 1 is 1.22 bits per heavy atom. The summed E-state index contributed by atoms with van der Waals surface area (Å²) < 4.78 is 5.78. The van der Waals surface area contributed by atoms with Crippen LogP contribution in [0.3, 0.4) is 0 Å². The van der Waals surface area contributed by atoms with Crippen molar-refractivity contribution < 1.29 is 4.74 Å². The van der Waals surface area contributed by atoms with Crippen molar-refractivity contribution in [2.24, 2.45) is 0 Å². The number of hydrogen-bond acceptors (Lipinski definition) is 5. The molecule has 0 aliphatic carbocycles. The first-order valence-corrected chi connectivity index (χ1v) is 6.81.